The average molecular weight is 527 g/mol. The third kappa shape index (κ3) is 5.80. The van der Waals surface area contributed by atoms with E-state index in [0.29, 0.717) is 32.3 Å². The molecule has 206 valence electrons. The van der Waals surface area contributed by atoms with E-state index in [0.717, 1.165) is 18.4 Å². The predicted octanol–water partition coefficient (Wildman–Crippen LogP) is 2.98. The van der Waals surface area contributed by atoms with Gasteiger partial charge in [0.1, 0.15) is 12.2 Å². The zero-order chi connectivity index (χ0) is 27.1. The predicted molar refractivity (Wildman–Crippen MR) is 137 cm³/mol. The van der Waals surface area contributed by atoms with Gasteiger partial charge in [0.05, 0.1) is 17.9 Å². The number of ether oxygens (including phenoxy) is 1. The molecule has 1 aromatic carbocycles. The first kappa shape index (κ1) is 26.5. The molecule has 1 aliphatic heterocycles. The fourth-order valence-corrected chi connectivity index (χ4v) is 6.18. The van der Waals surface area contributed by atoms with Gasteiger partial charge in [-0.15, -0.1) is 0 Å². The average Bonchev–Trinajstić information content (AvgIpc) is 3.54. The van der Waals surface area contributed by atoms with E-state index in [1.165, 1.54) is 5.06 Å². The summed E-state index contributed by atoms with van der Waals surface area (Å²) in [6, 6.07) is 9.71. The van der Waals surface area contributed by atoms with Crippen molar-refractivity contribution in [3.63, 3.8) is 0 Å². The number of carbonyl (C=O) groups excluding carboxylic acids is 4. The Morgan fingerprint density at radius 1 is 1.05 bits per heavy atom. The molecule has 10 heteroatoms. The molecule has 1 saturated heterocycles. The largest absolute Gasteiger partial charge is 0.444 e. The Morgan fingerprint density at radius 2 is 1.76 bits per heavy atom. The molecule has 4 fully saturated rings. The van der Waals surface area contributed by atoms with Gasteiger partial charge in [-0.25, -0.2) is 9.86 Å². The molecule has 4 amide bonds. The third-order valence-electron chi connectivity index (χ3n) is 8.31. The van der Waals surface area contributed by atoms with Crippen LogP contribution in [0, 0.1) is 23.2 Å². The minimum Gasteiger partial charge on any atom is -0.444 e. The van der Waals surface area contributed by atoms with Crippen LogP contribution in [0.25, 0.3) is 0 Å². The van der Waals surface area contributed by atoms with Crippen molar-refractivity contribution in [3.05, 3.63) is 35.9 Å². The van der Waals surface area contributed by atoms with E-state index in [9.17, 15) is 19.2 Å². The lowest BCUT2D eigenvalue weighted by Crippen LogP contribution is -2.50. The lowest BCUT2D eigenvalue weighted by molar-refractivity contribution is -0.201. The van der Waals surface area contributed by atoms with Crippen LogP contribution in [0.2, 0.25) is 0 Å². The first-order valence-corrected chi connectivity index (χ1v) is 13.6. The number of hydrazine groups is 1. The molecule has 3 aliphatic carbocycles. The molecule has 38 heavy (non-hydrogen) atoms. The summed E-state index contributed by atoms with van der Waals surface area (Å²) in [6.07, 6.45) is 4.34. The monoisotopic (exact) mass is 526 g/mol. The maximum atomic E-state index is 13.2. The van der Waals surface area contributed by atoms with E-state index in [-0.39, 0.29) is 47.6 Å². The number of alkyl carbamates (subject to hydrolysis) is 1. The van der Waals surface area contributed by atoms with Crippen molar-refractivity contribution < 1.29 is 28.8 Å². The zero-order valence-electron chi connectivity index (χ0n) is 22.3. The topological polar surface area (TPSA) is 126 Å². The van der Waals surface area contributed by atoms with Gasteiger partial charge in [-0.3, -0.25) is 30.1 Å². The third-order valence-corrected chi connectivity index (χ3v) is 8.31. The van der Waals surface area contributed by atoms with E-state index in [4.69, 9.17) is 9.57 Å². The number of amides is 4. The van der Waals surface area contributed by atoms with Gasteiger partial charge in [0, 0.05) is 12.5 Å². The molecule has 3 N–H and O–H groups in total. The molecule has 3 atom stereocenters. The number of hydrogen-bond donors (Lipinski definition) is 3. The molecule has 1 aromatic rings. The second-order valence-corrected chi connectivity index (χ2v) is 12.4. The summed E-state index contributed by atoms with van der Waals surface area (Å²) < 4.78 is 5.26. The summed E-state index contributed by atoms with van der Waals surface area (Å²) in [6.45, 7) is 5.74. The molecule has 0 aromatic heterocycles. The molecule has 5 rings (SSSR count). The summed E-state index contributed by atoms with van der Waals surface area (Å²) >= 11 is 0. The van der Waals surface area contributed by atoms with Gasteiger partial charge in [-0.2, -0.15) is 0 Å². The highest BCUT2D eigenvalue weighted by Crippen LogP contribution is 2.63. The van der Waals surface area contributed by atoms with Crippen molar-refractivity contribution in [2.45, 2.75) is 90.0 Å². The molecule has 2 unspecified atom stereocenters. The lowest BCUT2D eigenvalue weighted by atomic mass is 9.72. The zero-order valence-corrected chi connectivity index (χ0v) is 22.3. The van der Waals surface area contributed by atoms with Crippen LogP contribution in [0.4, 0.5) is 4.79 Å². The van der Waals surface area contributed by atoms with E-state index in [1.54, 1.807) is 0 Å². The molecule has 10 nitrogen and oxygen atoms in total. The summed E-state index contributed by atoms with van der Waals surface area (Å²) in [5.74, 6) is -1.53. The Morgan fingerprint density at radius 3 is 2.42 bits per heavy atom. The fourth-order valence-electron chi connectivity index (χ4n) is 6.18. The minimum absolute atomic E-state index is 0.00297. The second-order valence-electron chi connectivity index (χ2n) is 12.4. The molecule has 3 saturated carbocycles. The van der Waals surface area contributed by atoms with Crippen molar-refractivity contribution in [2.24, 2.45) is 23.2 Å². The minimum atomic E-state index is -0.555. The van der Waals surface area contributed by atoms with Crippen LogP contribution >= 0.6 is 0 Å². The number of rotatable bonds is 7. The SMILES string of the molecule is CC(C)(C)OC(=O)NC1CC(CC(=O)NNC(=O)C2CC3(CC3)[C@@H]3CC2C(=O)N3OCc2ccccc2)C1. The van der Waals surface area contributed by atoms with Crippen molar-refractivity contribution in [1.82, 2.24) is 21.2 Å². The summed E-state index contributed by atoms with van der Waals surface area (Å²) in [7, 11) is 0. The summed E-state index contributed by atoms with van der Waals surface area (Å²) in [5.41, 5.74) is 5.47. The Balaban J connectivity index is 1.07. The van der Waals surface area contributed by atoms with E-state index < -0.39 is 23.5 Å². The van der Waals surface area contributed by atoms with Crippen LogP contribution in [0.5, 0.6) is 0 Å². The number of hydrogen-bond acceptors (Lipinski definition) is 6. The van der Waals surface area contributed by atoms with Crippen molar-refractivity contribution >= 4 is 23.8 Å². The molecule has 0 radical (unpaired) electrons. The van der Waals surface area contributed by atoms with E-state index >= 15 is 0 Å². The molecular formula is C28H38N4O6. The van der Waals surface area contributed by atoms with Crippen molar-refractivity contribution in [3.8, 4) is 0 Å². The highest BCUT2D eigenvalue weighted by Gasteiger charge is 2.65. The van der Waals surface area contributed by atoms with Crippen molar-refractivity contribution in [2.75, 3.05) is 0 Å². The normalized spacial score (nSPS) is 28.9. The van der Waals surface area contributed by atoms with Gasteiger partial charge >= 0.3 is 6.09 Å². The Hall–Kier alpha value is -3.14. The maximum Gasteiger partial charge on any atom is 0.407 e. The Labute approximate surface area is 223 Å². The van der Waals surface area contributed by atoms with E-state index in [2.05, 4.69) is 16.2 Å². The smallest absolute Gasteiger partial charge is 0.407 e. The number of benzene rings is 1. The number of nitrogens with one attached hydrogen (secondary N) is 3. The van der Waals surface area contributed by atoms with Gasteiger partial charge in [-0.05, 0) is 76.2 Å². The van der Waals surface area contributed by atoms with Crippen LogP contribution in [0.3, 0.4) is 0 Å². The Kier molecular flexibility index (Phi) is 7.11. The Bertz CT molecular complexity index is 1080. The van der Waals surface area contributed by atoms with Gasteiger partial charge in [0.2, 0.25) is 17.7 Å². The van der Waals surface area contributed by atoms with E-state index in [1.807, 2.05) is 51.1 Å². The quantitative estimate of drug-likeness (QED) is 0.469. The number of carbonyl (C=O) groups is 4. The van der Waals surface area contributed by atoms with Gasteiger partial charge < -0.3 is 10.1 Å². The van der Waals surface area contributed by atoms with Crippen LogP contribution in [0.1, 0.15) is 71.3 Å². The van der Waals surface area contributed by atoms with Crippen LogP contribution in [-0.2, 0) is 30.6 Å². The number of hydroxylamine groups is 2. The molecule has 2 bridgehead atoms. The van der Waals surface area contributed by atoms with Gasteiger partial charge in [0.25, 0.3) is 0 Å². The highest BCUT2D eigenvalue weighted by atomic mass is 16.7. The maximum absolute atomic E-state index is 13.2. The van der Waals surface area contributed by atoms with Crippen LogP contribution < -0.4 is 16.2 Å². The number of nitrogens with zero attached hydrogens (tertiary/aromatic N) is 1. The van der Waals surface area contributed by atoms with Crippen LogP contribution in [0.15, 0.2) is 30.3 Å². The fraction of sp³-hybridized carbons (Fsp3) is 0.643. The summed E-state index contributed by atoms with van der Waals surface area (Å²) in [5, 5.41) is 4.35. The first-order valence-electron chi connectivity index (χ1n) is 13.6. The van der Waals surface area contributed by atoms with Gasteiger partial charge in [-0.1, -0.05) is 30.3 Å². The first-order chi connectivity index (χ1) is 18.0. The number of fused-ring (bicyclic) bond motifs is 3. The summed E-state index contributed by atoms with van der Waals surface area (Å²) in [4.78, 5) is 56.7. The second kappa shape index (κ2) is 10.2. The molecule has 1 spiro atoms. The molecular weight excluding hydrogens is 488 g/mol. The molecule has 4 aliphatic rings. The lowest BCUT2D eigenvalue weighted by Gasteiger charge is -2.36. The molecule has 1 heterocycles. The van der Waals surface area contributed by atoms with Crippen molar-refractivity contribution in [1.29, 1.82) is 0 Å². The highest BCUT2D eigenvalue weighted by molar-refractivity contribution is 5.91. The standard InChI is InChI=1S/C28H38N4O6/c1-27(2,3)38-26(36)29-19-11-18(12-19)13-23(33)30-31-24(34)21-15-28(9-10-28)22-14-20(21)25(35)32(22)37-16-17-7-5-4-6-8-17/h4-8,18-22H,9-16H2,1-3H3,(H,29,36)(H,30,33)(H,31,34)/t18?,19?,20?,21?,22-/m0/s1. The van der Waals surface area contributed by atoms with Gasteiger partial charge in [0.15, 0.2) is 0 Å². The van der Waals surface area contributed by atoms with Crippen LogP contribution in [-0.4, -0.2) is 46.6 Å².